The number of hydrogen-bond acceptors (Lipinski definition) is 4. The molecule has 2 aromatic carbocycles. The maximum atomic E-state index is 12.4. The molecule has 1 N–H and O–H groups in total. The first-order chi connectivity index (χ1) is 13.4. The summed E-state index contributed by atoms with van der Waals surface area (Å²) in [6, 6.07) is 14.0. The van der Waals surface area contributed by atoms with Gasteiger partial charge in [0.1, 0.15) is 0 Å². The van der Waals surface area contributed by atoms with Gasteiger partial charge in [0.2, 0.25) is 0 Å². The fourth-order valence-electron chi connectivity index (χ4n) is 2.78. The van der Waals surface area contributed by atoms with E-state index in [1.54, 1.807) is 38.5 Å². The fourth-order valence-corrected chi connectivity index (χ4v) is 3.84. The number of carbonyl (C=O) groups is 1. The summed E-state index contributed by atoms with van der Waals surface area (Å²) >= 11 is 0. The van der Waals surface area contributed by atoms with Crippen LogP contribution in [0, 0.1) is 0 Å². The van der Waals surface area contributed by atoms with Crippen LogP contribution in [-0.4, -0.2) is 29.1 Å². The summed E-state index contributed by atoms with van der Waals surface area (Å²) in [5, 5.41) is 2.38. The van der Waals surface area contributed by atoms with E-state index in [2.05, 4.69) is 10.3 Å². The minimum atomic E-state index is -3.34. The lowest BCUT2D eigenvalue weighted by Gasteiger charge is -2.10. The molecule has 1 heterocycles. The number of nitrogens with one attached hydrogen (secondary N) is 1. The predicted molar refractivity (Wildman–Crippen MR) is 108 cm³/mol. The van der Waals surface area contributed by atoms with Crippen molar-refractivity contribution >= 4 is 15.7 Å². The SMILES string of the molecule is CC(C)S(=O)(=O)c1ccc(C(=O)NCc2cccc(Cn3ccnc3)c2)cc1. The van der Waals surface area contributed by atoms with E-state index in [4.69, 9.17) is 0 Å². The molecule has 0 spiro atoms. The number of nitrogens with zero attached hydrogens (tertiary/aromatic N) is 2. The number of benzene rings is 2. The van der Waals surface area contributed by atoms with Gasteiger partial charge < -0.3 is 9.88 Å². The molecule has 1 aromatic heterocycles. The monoisotopic (exact) mass is 397 g/mol. The standard InChI is InChI=1S/C21H23N3O3S/c1-16(2)28(26,27)20-8-6-19(7-9-20)21(25)23-13-17-4-3-5-18(12-17)14-24-11-10-22-15-24/h3-12,15-16H,13-14H2,1-2H3,(H,23,25). The fraction of sp³-hybridized carbons (Fsp3) is 0.238. The van der Waals surface area contributed by atoms with Crippen molar-refractivity contribution in [3.05, 3.63) is 83.9 Å². The summed E-state index contributed by atoms with van der Waals surface area (Å²) in [6.07, 6.45) is 5.40. The first-order valence-electron chi connectivity index (χ1n) is 9.02. The molecular weight excluding hydrogens is 374 g/mol. The van der Waals surface area contributed by atoms with Crippen LogP contribution in [0.4, 0.5) is 0 Å². The van der Waals surface area contributed by atoms with E-state index < -0.39 is 15.1 Å². The van der Waals surface area contributed by atoms with Crippen molar-refractivity contribution in [1.29, 1.82) is 0 Å². The summed E-state index contributed by atoms with van der Waals surface area (Å²) in [4.78, 5) is 16.6. The maximum absolute atomic E-state index is 12.4. The molecule has 0 fully saturated rings. The molecule has 3 aromatic rings. The van der Waals surface area contributed by atoms with Gasteiger partial charge in [-0.25, -0.2) is 13.4 Å². The highest BCUT2D eigenvalue weighted by atomic mass is 32.2. The zero-order valence-corrected chi connectivity index (χ0v) is 16.7. The van der Waals surface area contributed by atoms with Gasteiger partial charge in [-0.1, -0.05) is 24.3 Å². The van der Waals surface area contributed by atoms with E-state index in [0.29, 0.717) is 18.7 Å². The zero-order valence-electron chi connectivity index (χ0n) is 15.9. The third-order valence-electron chi connectivity index (χ3n) is 4.43. The van der Waals surface area contributed by atoms with Gasteiger partial charge in [0.05, 0.1) is 16.5 Å². The van der Waals surface area contributed by atoms with Gasteiger partial charge in [-0.05, 0) is 49.2 Å². The molecule has 0 aliphatic carbocycles. The van der Waals surface area contributed by atoms with Gasteiger partial charge in [0.25, 0.3) is 5.91 Å². The van der Waals surface area contributed by atoms with E-state index in [9.17, 15) is 13.2 Å². The summed E-state index contributed by atoms with van der Waals surface area (Å²) in [7, 11) is -3.34. The molecule has 3 rings (SSSR count). The van der Waals surface area contributed by atoms with Gasteiger partial charge in [-0.2, -0.15) is 0 Å². The van der Waals surface area contributed by atoms with Crippen molar-refractivity contribution in [1.82, 2.24) is 14.9 Å². The highest BCUT2D eigenvalue weighted by molar-refractivity contribution is 7.92. The average Bonchev–Trinajstić information content (AvgIpc) is 3.19. The van der Waals surface area contributed by atoms with Crippen molar-refractivity contribution in [2.24, 2.45) is 0 Å². The third-order valence-corrected chi connectivity index (χ3v) is 6.60. The zero-order chi connectivity index (χ0) is 20.1. The Morgan fingerprint density at radius 1 is 1.11 bits per heavy atom. The van der Waals surface area contributed by atoms with Crippen LogP contribution in [0.1, 0.15) is 35.3 Å². The quantitative estimate of drug-likeness (QED) is 0.664. The Hall–Kier alpha value is -2.93. The van der Waals surface area contributed by atoms with E-state index in [1.165, 1.54) is 12.1 Å². The Morgan fingerprint density at radius 3 is 2.46 bits per heavy atom. The number of aromatic nitrogens is 2. The Balaban J connectivity index is 1.63. The predicted octanol–water partition coefficient (Wildman–Crippen LogP) is 3.04. The molecule has 0 unspecified atom stereocenters. The molecule has 0 aliphatic heterocycles. The molecule has 146 valence electrons. The molecule has 6 nitrogen and oxygen atoms in total. The highest BCUT2D eigenvalue weighted by Gasteiger charge is 2.19. The second-order valence-electron chi connectivity index (χ2n) is 6.86. The topological polar surface area (TPSA) is 81.1 Å². The summed E-state index contributed by atoms with van der Waals surface area (Å²) in [5.74, 6) is -0.242. The van der Waals surface area contributed by atoms with Crippen LogP contribution in [0.25, 0.3) is 0 Å². The Morgan fingerprint density at radius 2 is 1.82 bits per heavy atom. The van der Waals surface area contributed by atoms with Crippen LogP contribution in [0.3, 0.4) is 0 Å². The van der Waals surface area contributed by atoms with Crippen molar-refractivity contribution < 1.29 is 13.2 Å². The largest absolute Gasteiger partial charge is 0.348 e. The van der Waals surface area contributed by atoms with Gasteiger partial charge in [-0.15, -0.1) is 0 Å². The Kier molecular flexibility index (Phi) is 5.94. The number of hydrogen-bond donors (Lipinski definition) is 1. The molecule has 7 heteroatoms. The second-order valence-corrected chi connectivity index (χ2v) is 9.36. The number of rotatable bonds is 7. The van der Waals surface area contributed by atoms with Gasteiger partial charge in [0, 0.05) is 31.0 Å². The Bertz CT molecular complexity index is 1040. The lowest BCUT2D eigenvalue weighted by molar-refractivity contribution is 0.0951. The molecule has 0 radical (unpaired) electrons. The summed E-state index contributed by atoms with van der Waals surface area (Å²) < 4.78 is 26.3. The van der Waals surface area contributed by atoms with Crippen molar-refractivity contribution in [2.75, 3.05) is 0 Å². The van der Waals surface area contributed by atoms with Crippen molar-refractivity contribution in [3.63, 3.8) is 0 Å². The Labute approximate surface area is 165 Å². The summed E-state index contributed by atoms with van der Waals surface area (Å²) in [6.45, 7) is 4.38. The molecule has 1 amide bonds. The van der Waals surface area contributed by atoms with Gasteiger partial charge in [0.15, 0.2) is 9.84 Å². The van der Waals surface area contributed by atoms with E-state index in [1.807, 2.05) is 35.0 Å². The number of amides is 1. The molecule has 0 atom stereocenters. The maximum Gasteiger partial charge on any atom is 0.251 e. The highest BCUT2D eigenvalue weighted by Crippen LogP contribution is 2.16. The first kappa shape index (κ1) is 19.8. The van der Waals surface area contributed by atoms with Gasteiger partial charge >= 0.3 is 0 Å². The minimum absolute atomic E-state index is 0.228. The molecular formula is C21H23N3O3S. The smallest absolute Gasteiger partial charge is 0.251 e. The van der Waals surface area contributed by atoms with Crippen LogP contribution in [0.2, 0.25) is 0 Å². The number of imidazole rings is 1. The lowest BCUT2D eigenvalue weighted by atomic mass is 10.1. The average molecular weight is 398 g/mol. The van der Waals surface area contributed by atoms with Crippen LogP contribution in [0.5, 0.6) is 0 Å². The third kappa shape index (κ3) is 4.67. The van der Waals surface area contributed by atoms with E-state index in [-0.39, 0.29) is 10.8 Å². The molecule has 0 saturated carbocycles. The molecule has 0 bridgehead atoms. The normalized spacial score (nSPS) is 11.5. The van der Waals surface area contributed by atoms with Crippen LogP contribution < -0.4 is 5.32 Å². The minimum Gasteiger partial charge on any atom is -0.348 e. The van der Waals surface area contributed by atoms with Crippen LogP contribution in [0.15, 0.2) is 72.1 Å². The summed E-state index contributed by atoms with van der Waals surface area (Å²) in [5.41, 5.74) is 2.54. The van der Waals surface area contributed by atoms with Crippen molar-refractivity contribution in [2.45, 2.75) is 37.1 Å². The van der Waals surface area contributed by atoms with Crippen molar-refractivity contribution in [3.8, 4) is 0 Å². The number of carbonyl (C=O) groups excluding carboxylic acids is 1. The first-order valence-corrected chi connectivity index (χ1v) is 10.6. The lowest BCUT2D eigenvalue weighted by Crippen LogP contribution is -2.23. The van der Waals surface area contributed by atoms with Gasteiger partial charge in [-0.3, -0.25) is 4.79 Å². The van der Waals surface area contributed by atoms with Crippen LogP contribution >= 0.6 is 0 Å². The molecule has 0 aliphatic rings. The molecule has 0 saturated heterocycles. The van der Waals surface area contributed by atoms with E-state index >= 15 is 0 Å². The second kappa shape index (κ2) is 8.39. The number of sulfone groups is 1. The molecule has 28 heavy (non-hydrogen) atoms. The van der Waals surface area contributed by atoms with Crippen LogP contribution in [-0.2, 0) is 22.9 Å². The van der Waals surface area contributed by atoms with E-state index in [0.717, 1.165) is 11.1 Å².